The van der Waals surface area contributed by atoms with Crippen LogP contribution in [0, 0.1) is 0 Å². The summed E-state index contributed by atoms with van der Waals surface area (Å²) in [5.74, 6) is 0.153. The van der Waals surface area contributed by atoms with Gasteiger partial charge in [0.2, 0.25) is 0 Å². The maximum Gasteiger partial charge on any atom is 0.258 e. The molecule has 148 valence electrons. The van der Waals surface area contributed by atoms with Crippen LogP contribution < -0.4 is 10.1 Å². The number of halogens is 3. The quantitative estimate of drug-likeness (QED) is 0.746. The molecule has 0 aliphatic carbocycles. The highest BCUT2D eigenvalue weighted by Crippen LogP contribution is 2.27. The highest BCUT2D eigenvalue weighted by Gasteiger charge is 2.24. The van der Waals surface area contributed by atoms with Gasteiger partial charge < -0.3 is 15.0 Å². The molecule has 2 aromatic rings. The van der Waals surface area contributed by atoms with Crippen LogP contribution in [0.1, 0.15) is 23.2 Å². The molecule has 28 heavy (non-hydrogen) atoms. The van der Waals surface area contributed by atoms with Crippen molar-refractivity contribution in [2.75, 3.05) is 19.7 Å². The molecular weight excluding hydrogens is 423 g/mol. The number of carbonyl (C=O) groups is 2. The number of hydrogen-bond donors (Lipinski definition) is 1. The largest absolute Gasteiger partial charge is 0.482 e. The van der Waals surface area contributed by atoms with Crippen LogP contribution in [0.15, 0.2) is 42.5 Å². The first-order valence-electron chi connectivity index (χ1n) is 8.84. The second-order valence-electron chi connectivity index (χ2n) is 6.50. The molecule has 0 bridgehead atoms. The van der Waals surface area contributed by atoms with Gasteiger partial charge in [-0.15, -0.1) is 0 Å². The van der Waals surface area contributed by atoms with Gasteiger partial charge in [-0.2, -0.15) is 0 Å². The molecule has 2 aromatic carbocycles. The average molecular weight is 442 g/mol. The summed E-state index contributed by atoms with van der Waals surface area (Å²) in [4.78, 5) is 26.4. The van der Waals surface area contributed by atoms with Gasteiger partial charge in [0.1, 0.15) is 5.75 Å². The molecule has 2 amide bonds. The number of rotatable bonds is 5. The summed E-state index contributed by atoms with van der Waals surface area (Å²) in [6.45, 7) is 1.03. The topological polar surface area (TPSA) is 58.6 Å². The Morgan fingerprint density at radius 3 is 2.29 bits per heavy atom. The number of piperidine rings is 1. The van der Waals surface area contributed by atoms with E-state index in [4.69, 9.17) is 39.5 Å². The van der Waals surface area contributed by atoms with Crippen molar-refractivity contribution >= 4 is 46.6 Å². The van der Waals surface area contributed by atoms with Gasteiger partial charge in [-0.25, -0.2) is 0 Å². The van der Waals surface area contributed by atoms with Crippen LogP contribution in [0.5, 0.6) is 5.75 Å². The molecule has 8 heteroatoms. The van der Waals surface area contributed by atoms with Crippen LogP contribution in [0.25, 0.3) is 0 Å². The summed E-state index contributed by atoms with van der Waals surface area (Å²) in [6, 6.07) is 11.7. The maximum atomic E-state index is 12.5. The lowest BCUT2D eigenvalue weighted by molar-refractivity contribution is -0.124. The average Bonchev–Trinajstić information content (AvgIpc) is 2.68. The third-order valence-electron chi connectivity index (χ3n) is 4.49. The van der Waals surface area contributed by atoms with E-state index in [-0.39, 0.29) is 24.5 Å². The highest BCUT2D eigenvalue weighted by atomic mass is 35.5. The molecule has 1 aliphatic rings. The van der Waals surface area contributed by atoms with Gasteiger partial charge in [0.25, 0.3) is 11.8 Å². The first-order valence-corrected chi connectivity index (χ1v) is 9.98. The third-order valence-corrected chi connectivity index (χ3v) is 5.27. The van der Waals surface area contributed by atoms with Crippen molar-refractivity contribution in [2.24, 2.45) is 0 Å². The molecule has 1 aliphatic heterocycles. The minimum absolute atomic E-state index is 0.00561. The molecule has 1 fully saturated rings. The molecule has 1 saturated heterocycles. The molecule has 0 spiro atoms. The Labute approximate surface area is 178 Å². The minimum atomic E-state index is -0.228. The lowest BCUT2D eigenvalue weighted by Gasteiger charge is -2.32. The maximum absolute atomic E-state index is 12.5. The fraction of sp³-hybridized carbons (Fsp3) is 0.300. The number of amides is 2. The Balaban J connectivity index is 1.44. The number of likely N-dealkylation sites (tertiary alicyclic amines) is 1. The van der Waals surface area contributed by atoms with Crippen molar-refractivity contribution in [2.45, 2.75) is 18.9 Å². The van der Waals surface area contributed by atoms with Crippen LogP contribution in [0.2, 0.25) is 15.1 Å². The van der Waals surface area contributed by atoms with E-state index in [0.29, 0.717) is 52.3 Å². The van der Waals surface area contributed by atoms with Crippen molar-refractivity contribution in [3.8, 4) is 5.75 Å². The van der Waals surface area contributed by atoms with E-state index in [9.17, 15) is 9.59 Å². The smallest absolute Gasteiger partial charge is 0.258 e. The zero-order valence-electron chi connectivity index (χ0n) is 15.0. The number of ether oxygens (including phenoxy) is 1. The number of nitrogens with one attached hydrogen (secondary N) is 1. The Kier molecular flexibility index (Phi) is 7.05. The minimum Gasteiger partial charge on any atom is -0.482 e. The lowest BCUT2D eigenvalue weighted by atomic mass is 10.0. The van der Waals surface area contributed by atoms with Crippen LogP contribution in [0.4, 0.5) is 0 Å². The molecule has 0 saturated carbocycles. The second kappa shape index (κ2) is 9.50. The molecule has 3 rings (SSSR count). The van der Waals surface area contributed by atoms with Gasteiger partial charge in [-0.05, 0) is 55.3 Å². The van der Waals surface area contributed by atoms with Gasteiger partial charge in [-0.1, -0.05) is 34.8 Å². The number of nitrogens with zero attached hydrogens (tertiary/aromatic N) is 1. The molecule has 0 unspecified atom stereocenters. The van der Waals surface area contributed by atoms with Crippen LogP contribution in [-0.2, 0) is 4.79 Å². The van der Waals surface area contributed by atoms with Crippen LogP contribution >= 0.6 is 34.8 Å². The van der Waals surface area contributed by atoms with E-state index in [1.165, 1.54) is 0 Å². The van der Waals surface area contributed by atoms with Crippen molar-refractivity contribution < 1.29 is 14.3 Å². The number of benzene rings is 2. The molecule has 0 aromatic heterocycles. The van der Waals surface area contributed by atoms with E-state index < -0.39 is 0 Å². The fourth-order valence-corrected chi connectivity index (χ4v) is 3.60. The number of carbonyl (C=O) groups excluding carboxylic acids is 2. The Morgan fingerprint density at radius 1 is 1.00 bits per heavy atom. The summed E-state index contributed by atoms with van der Waals surface area (Å²) in [7, 11) is 0. The van der Waals surface area contributed by atoms with E-state index in [1.54, 1.807) is 47.4 Å². The first-order chi connectivity index (χ1) is 13.4. The fourth-order valence-electron chi connectivity index (χ4n) is 3.01. The van der Waals surface area contributed by atoms with E-state index in [1.807, 2.05) is 0 Å². The first kappa shape index (κ1) is 20.8. The van der Waals surface area contributed by atoms with Crippen LogP contribution in [0.3, 0.4) is 0 Å². The molecule has 1 N–H and O–H groups in total. The van der Waals surface area contributed by atoms with Gasteiger partial charge in [0.15, 0.2) is 6.61 Å². The lowest BCUT2D eigenvalue weighted by Crippen LogP contribution is -2.47. The highest BCUT2D eigenvalue weighted by molar-refractivity contribution is 6.35. The van der Waals surface area contributed by atoms with Crippen LogP contribution in [-0.4, -0.2) is 42.5 Å². The molecule has 1 heterocycles. The van der Waals surface area contributed by atoms with Crippen molar-refractivity contribution in [1.29, 1.82) is 0 Å². The van der Waals surface area contributed by atoms with E-state index >= 15 is 0 Å². The second-order valence-corrected chi connectivity index (χ2v) is 7.78. The summed E-state index contributed by atoms with van der Waals surface area (Å²) in [6.07, 6.45) is 1.37. The summed E-state index contributed by atoms with van der Waals surface area (Å²) in [5, 5.41) is 4.39. The summed E-state index contributed by atoms with van der Waals surface area (Å²) < 4.78 is 5.44. The predicted molar refractivity (Wildman–Crippen MR) is 110 cm³/mol. The number of hydrogen-bond acceptors (Lipinski definition) is 3. The standard InChI is InChI=1S/C20H19Cl3N2O3/c21-14-3-1-13(2-4-14)20(27)25-9-7-16(8-10-25)24-19(26)12-28-18-6-5-15(22)11-17(18)23/h1-6,11,16H,7-10,12H2,(H,24,26). The van der Waals surface area contributed by atoms with Gasteiger partial charge in [-0.3, -0.25) is 9.59 Å². The Bertz CT molecular complexity index is 850. The normalized spacial score (nSPS) is 14.6. The van der Waals surface area contributed by atoms with Crippen molar-refractivity contribution in [3.05, 3.63) is 63.1 Å². The van der Waals surface area contributed by atoms with E-state index in [0.717, 1.165) is 0 Å². The summed E-state index contributed by atoms with van der Waals surface area (Å²) in [5.41, 5.74) is 0.611. The van der Waals surface area contributed by atoms with E-state index in [2.05, 4.69) is 5.32 Å². The monoisotopic (exact) mass is 440 g/mol. The summed E-state index contributed by atoms with van der Waals surface area (Å²) >= 11 is 17.7. The van der Waals surface area contributed by atoms with Gasteiger partial charge in [0.05, 0.1) is 5.02 Å². The third kappa shape index (κ3) is 5.53. The molecular formula is C20H19Cl3N2O3. The van der Waals surface area contributed by atoms with Gasteiger partial charge in [0, 0.05) is 34.7 Å². The van der Waals surface area contributed by atoms with Crippen molar-refractivity contribution in [3.63, 3.8) is 0 Å². The van der Waals surface area contributed by atoms with Gasteiger partial charge >= 0.3 is 0 Å². The van der Waals surface area contributed by atoms with Crippen molar-refractivity contribution in [1.82, 2.24) is 10.2 Å². The zero-order chi connectivity index (χ0) is 20.1. The Morgan fingerprint density at radius 2 is 1.64 bits per heavy atom. The molecule has 0 atom stereocenters. The SMILES string of the molecule is O=C(COc1ccc(Cl)cc1Cl)NC1CCN(C(=O)c2ccc(Cl)cc2)CC1. The molecule has 5 nitrogen and oxygen atoms in total. The Hall–Kier alpha value is -1.95. The zero-order valence-corrected chi connectivity index (χ0v) is 17.2. The molecule has 0 radical (unpaired) electrons. The predicted octanol–water partition coefficient (Wildman–Crippen LogP) is 4.45.